The lowest BCUT2D eigenvalue weighted by atomic mass is 10.1. The van der Waals surface area contributed by atoms with Gasteiger partial charge < -0.3 is 14.4 Å². The molecule has 0 fully saturated rings. The third kappa shape index (κ3) is 2.97. The highest BCUT2D eigenvalue weighted by molar-refractivity contribution is 5.92. The van der Waals surface area contributed by atoms with Crippen molar-refractivity contribution in [3.63, 3.8) is 0 Å². The van der Waals surface area contributed by atoms with Crippen LogP contribution in [-0.4, -0.2) is 20.6 Å². The van der Waals surface area contributed by atoms with E-state index in [1.165, 1.54) is 0 Å². The van der Waals surface area contributed by atoms with E-state index in [0.717, 1.165) is 23.4 Å². The molecule has 23 heavy (non-hydrogen) atoms. The molecule has 3 rings (SSSR count). The standard InChI is InChI=1S/C17H20N4O2/c1-4-21-14-8-6-5-7-12(14)19-16(21)10-18-17(22)13-9-15(11(2)3)23-20-13/h5-9,11H,4,10H2,1-3H3,(H,18,22). The second-order valence-corrected chi connectivity index (χ2v) is 5.71. The molecule has 1 aromatic carbocycles. The first-order valence-corrected chi connectivity index (χ1v) is 7.79. The van der Waals surface area contributed by atoms with E-state index in [-0.39, 0.29) is 11.8 Å². The monoisotopic (exact) mass is 312 g/mol. The number of para-hydroxylation sites is 2. The van der Waals surface area contributed by atoms with Crippen molar-refractivity contribution in [3.8, 4) is 0 Å². The maximum absolute atomic E-state index is 12.2. The minimum Gasteiger partial charge on any atom is -0.360 e. The van der Waals surface area contributed by atoms with Crippen LogP contribution in [-0.2, 0) is 13.1 Å². The quantitative estimate of drug-likeness (QED) is 0.785. The van der Waals surface area contributed by atoms with E-state index in [2.05, 4.69) is 26.9 Å². The topological polar surface area (TPSA) is 73.0 Å². The van der Waals surface area contributed by atoms with Crippen molar-refractivity contribution >= 4 is 16.9 Å². The minimum atomic E-state index is -0.254. The van der Waals surface area contributed by atoms with Crippen LogP contribution in [0.1, 0.15) is 48.8 Å². The van der Waals surface area contributed by atoms with E-state index in [1.807, 2.05) is 38.1 Å². The van der Waals surface area contributed by atoms with Crippen LogP contribution in [0.25, 0.3) is 11.0 Å². The van der Waals surface area contributed by atoms with Crippen molar-refractivity contribution in [1.82, 2.24) is 20.0 Å². The molecule has 0 aliphatic heterocycles. The number of aryl methyl sites for hydroxylation is 1. The molecule has 0 saturated carbocycles. The lowest BCUT2D eigenvalue weighted by molar-refractivity contribution is 0.0940. The molecule has 1 amide bonds. The molecule has 0 spiro atoms. The van der Waals surface area contributed by atoms with Crippen LogP contribution < -0.4 is 5.32 Å². The van der Waals surface area contributed by atoms with E-state index in [4.69, 9.17) is 4.52 Å². The van der Waals surface area contributed by atoms with Gasteiger partial charge in [0.05, 0.1) is 17.6 Å². The smallest absolute Gasteiger partial charge is 0.273 e. The molecule has 120 valence electrons. The first-order valence-electron chi connectivity index (χ1n) is 7.79. The highest BCUT2D eigenvalue weighted by atomic mass is 16.5. The fourth-order valence-corrected chi connectivity index (χ4v) is 2.53. The lowest BCUT2D eigenvalue weighted by Crippen LogP contribution is -2.25. The average Bonchev–Trinajstić information content (AvgIpc) is 3.16. The van der Waals surface area contributed by atoms with Crippen molar-refractivity contribution in [3.05, 3.63) is 47.6 Å². The van der Waals surface area contributed by atoms with E-state index >= 15 is 0 Å². The van der Waals surface area contributed by atoms with Crippen LogP contribution >= 0.6 is 0 Å². The van der Waals surface area contributed by atoms with Gasteiger partial charge in [0.25, 0.3) is 5.91 Å². The number of aromatic nitrogens is 3. The Morgan fingerprint density at radius 1 is 1.35 bits per heavy atom. The van der Waals surface area contributed by atoms with Gasteiger partial charge >= 0.3 is 0 Å². The van der Waals surface area contributed by atoms with Crippen molar-refractivity contribution in [2.75, 3.05) is 0 Å². The number of nitrogens with zero attached hydrogens (tertiary/aromatic N) is 3. The number of amides is 1. The first-order chi connectivity index (χ1) is 11.1. The number of hydrogen-bond donors (Lipinski definition) is 1. The minimum absolute atomic E-state index is 0.202. The van der Waals surface area contributed by atoms with Gasteiger partial charge in [0, 0.05) is 18.5 Å². The Balaban J connectivity index is 1.76. The Morgan fingerprint density at radius 3 is 2.83 bits per heavy atom. The van der Waals surface area contributed by atoms with Crippen molar-refractivity contribution in [2.24, 2.45) is 0 Å². The van der Waals surface area contributed by atoms with Gasteiger partial charge in [-0.2, -0.15) is 0 Å². The molecule has 2 aromatic heterocycles. The highest BCUT2D eigenvalue weighted by Crippen LogP contribution is 2.17. The van der Waals surface area contributed by atoms with Crippen molar-refractivity contribution < 1.29 is 9.32 Å². The number of benzene rings is 1. The van der Waals surface area contributed by atoms with E-state index in [9.17, 15) is 4.79 Å². The zero-order valence-corrected chi connectivity index (χ0v) is 13.5. The van der Waals surface area contributed by atoms with Gasteiger partial charge in [0.2, 0.25) is 0 Å². The van der Waals surface area contributed by atoms with Gasteiger partial charge in [-0.15, -0.1) is 0 Å². The second-order valence-electron chi connectivity index (χ2n) is 5.71. The Hall–Kier alpha value is -2.63. The number of carbonyl (C=O) groups is 1. The highest BCUT2D eigenvalue weighted by Gasteiger charge is 2.15. The number of carbonyl (C=O) groups excluding carboxylic acids is 1. The van der Waals surface area contributed by atoms with Crippen LogP contribution in [0.4, 0.5) is 0 Å². The number of rotatable bonds is 5. The summed E-state index contributed by atoms with van der Waals surface area (Å²) in [7, 11) is 0. The largest absolute Gasteiger partial charge is 0.360 e. The van der Waals surface area contributed by atoms with Crippen LogP contribution in [0.5, 0.6) is 0 Å². The summed E-state index contributed by atoms with van der Waals surface area (Å²) in [4.78, 5) is 16.8. The summed E-state index contributed by atoms with van der Waals surface area (Å²) in [6.07, 6.45) is 0. The second kappa shape index (κ2) is 6.24. The number of imidazole rings is 1. The molecule has 0 unspecified atom stereocenters. The lowest BCUT2D eigenvalue weighted by Gasteiger charge is -2.06. The Bertz CT molecular complexity index is 832. The van der Waals surface area contributed by atoms with Gasteiger partial charge in [-0.25, -0.2) is 4.98 Å². The third-order valence-corrected chi connectivity index (χ3v) is 3.79. The molecular weight excluding hydrogens is 292 g/mol. The average molecular weight is 312 g/mol. The molecule has 0 saturated heterocycles. The molecule has 0 bridgehead atoms. The predicted molar refractivity (Wildman–Crippen MR) is 87.2 cm³/mol. The molecule has 0 aliphatic carbocycles. The summed E-state index contributed by atoms with van der Waals surface area (Å²) in [6, 6.07) is 9.63. The van der Waals surface area contributed by atoms with E-state index in [0.29, 0.717) is 18.0 Å². The SMILES string of the molecule is CCn1c(CNC(=O)c2cc(C(C)C)on2)nc2ccccc21. The summed E-state index contributed by atoms with van der Waals surface area (Å²) in [6.45, 7) is 7.20. The number of nitrogens with one attached hydrogen (secondary N) is 1. The molecule has 0 aliphatic rings. The van der Waals surface area contributed by atoms with E-state index in [1.54, 1.807) is 6.07 Å². The molecule has 0 atom stereocenters. The molecule has 0 radical (unpaired) electrons. The number of fused-ring (bicyclic) bond motifs is 1. The van der Waals surface area contributed by atoms with Crippen molar-refractivity contribution in [2.45, 2.75) is 39.8 Å². The molecule has 2 heterocycles. The fraction of sp³-hybridized carbons (Fsp3) is 0.353. The zero-order valence-electron chi connectivity index (χ0n) is 13.5. The molecule has 6 heteroatoms. The fourth-order valence-electron chi connectivity index (χ4n) is 2.53. The Morgan fingerprint density at radius 2 is 2.13 bits per heavy atom. The maximum Gasteiger partial charge on any atom is 0.273 e. The number of hydrogen-bond acceptors (Lipinski definition) is 4. The van der Waals surface area contributed by atoms with Crippen LogP contribution in [0.15, 0.2) is 34.9 Å². The van der Waals surface area contributed by atoms with E-state index < -0.39 is 0 Å². The van der Waals surface area contributed by atoms with Gasteiger partial charge in [-0.3, -0.25) is 4.79 Å². The molecule has 6 nitrogen and oxygen atoms in total. The van der Waals surface area contributed by atoms with Gasteiger partial charge in [-0.1, -0.05) is 31.1 Å². The van der Waals surface area contributed by atoms with Crippen LogP contribution in [0.2, 0.25) is 0 Å². The molecular formula is C17H20N4O2. The summed E-state index contributed by atoms with van der Waals surface area (Å²) in [5, 5.41) is 6.68. The van der Waals surface area contributed by atoms with Gasteiger partial charge in [0.15, 0.2) is 5.69 Å². The zero-order chi connectivity index (χ0) is 16.4. The maximum atomic E-state index is 12.2. The van der Waals surface area contributed by atoms with Gasteiger partial charge in [-0.05, 0) is 19.1 Å². The summed E-state index contributed by atoms with van der Waals surface area (Å²) < 4.78 is 7.26. The van der Waals surface area contributed by atoms with Crippen LogP contribution in [0.3, 0.4) is 0 Å². The Labute approximate surface area is 134 Å². The first kappa shape index (κ1) is 15.3. The third-order valence-electron chi connectivity index (χ3n) is 3.79. The summed E-state index contributed by atoms with van der Waals surface area (Å²) >= 11 is 0. The van der Waals surface area contributed by atoms with Crippen LogP contribution in [0, 0.1) is 0 Å². The summed E-state index contributed by atoms with van der Waals surface area (Å²) in [5.74, 6) is 1.48. The normalized spacial score (nSPS) is 11.3. The molecule has 1 N–H and O–H groups in total. The molecule has 3 aromatic rings. The predicted octanol–water partition coefficient (Wildman–Crippen LogP) is 3.10. The Kier molecular flexibility index (Phi) is 4.14. The van der Waals surface area contributed by atoms with Crippen molar-refractivity contribution in [1.29, 1.82) is 0 Å². The van der Waals surface area contributed by atoms with Gasteiger partial charge in [0.1, 0.15) is 11.6 Å². The summed E-state index contributed by atoms with van der Waals surface area (Å²) in [5.41, 5.74) is 2.30.